The van der Waals surface area contributed by atoms with Crippen LogP contribution in [-0.2, 0) is 6.54 Å². The number of rotatable bonds is 4. The third-order valence-electron chi connectivity index (χ3n) is 5.42. The van der Waals surface area contributed by atoms with Gasteiger partial charge in [-0.3, -0.25) is 9.59 Å². The van der Waals surface area contributed by atoms with E-state index in [1.807, 2.05) is 30.3 Å². The Morgan fingerprint density at radius 1 is 1.04 bits per heavy atom. The fourth-order valence-electron chi connectivity index (χ4n) is 4.00. The quantitative estimate of drug-likeness (QED) is 0.755. The van der Waals surface area contributed by atoms with Crippen LogP contribution in [-0.4, -0.2) is 35.9 Å². The molecule has 0 saturated carbocycles. The molecule has 4 rings (SSSR count). The number of hydrogen-bond acceptors (Lipinski definition) is 3. The summed E-state index contributed by atoms with van der Waals surface area (Å²) in [5, 5.41) is 0.767. The Morgan fingerprint density at radius 3 is 2.57 bits per heavy atom. The van der Waals surface area contributed by atoms with Crippen LogP contribution in [0.1, 0.15) is 35.2 Å². The summed E-state index contributed by atoms with van der Waals surface area (Å²) in [6, 6.07) is 17.1. The van der Waals surface area contributed by atoms with E-state index in [1.165, 1.54) is 31.0 Å². The first-order chi connectivity index (χ1) is 13.6. The molecule has 0 unspecified atom stereocenters. The average Bonchev–Trinajstić information content (AvgIpc) is 2.73. The molecule has 2 aromatic carbocycles. The maximum absolute atomic E-state index is 13.2. The number of nitrogens with one attached hydrogen (secondary N) is 1. The molecule has 0 aliphatic carbocycles. The third-order valence-corrected chi connectivity index (χ3v) is 5.42. The fourth-order valence-corrected chi connectivity index (χ4v) is 4.00. The highest BCUT2D eigenvalue weighted by Crippen LogP contribution is 2.26. The van der Waals surface area contributed by atoms with Crippen LogP contribution in [0.15, 0.2) is 59.4 Å². The molecule has 1 aliphatic heterocycles. The van der Waals surface area contributed by atoms with Gasteiger partial charge in [-0.2, -0.15) is 0 Å². The number of amides is 1. The van der Waals surface area contributed by atoms with Gasteiger partial charge >= 0.3 is 0 Å². The molecule has 144 valence electrons. The van der Waals surface area contributed by atoms with Gasteiger partial charge in [0.2, 0.25) is 5.56 Å². The lowest BCUT2D eigenvalue weighted by atomic mass is 10.1. The molecule has 5 heteroatoms. The largest absolute Gasteiger partial charge is 0.371 e. The van der Waals surface area contributed by atoms with Gasteiger partial charge in [-0.05, 0) is 37.0 Å². The van der Waals surface area contributed by atoms with Gasteiger partial charge in [0, 0.05) is 49.3 Å². The van der Waals surface area contributed by atoms with Gasteiger partial charge in [-0.15, -0.1) is 0 Å². The van der Waals surface area contributed by atoms with Crippen LogP contribution in [0.3, 0.4) is 0 Å². The molecule has 28 heavy (non-hydrogen) atoms. The van der Waals surface area contributed by atoms with E-state index in [4.69, 9.17) is 0 Å². The lowest BCUT2D eigenvalue weighted by Crippen LogP contribution is -2.32. The van der Waals surface area contributed by atoms with Crippen molar-refractivity contribution in [2.75, 3.05) is 25.0 Å². The van der Waals surface area contributed by atoms with Crippen LogP contribution in [0.25, 0.3) is 10.9 Å². The first kappa shape index (κ1) is 18.3. The number of benzene rings is 2. The molecule has 1 aliphatic rings. The summed E-state index contributed by atoms with van der Waals surface area (Å²) in [7, 11) is 1.80. The van der Waals surface area contributed by atoms with Gasteiger partial charge in [0.05, 0.1) is 5.56 Å². The van der Waals surface area contributed by atoms with Crippen LogP contribution < -0.4 is 10.5 Å². The van der Waals surface area contributed by atoms with E-state index in [0.717, 1.165) is 24.0 Å². The van der Waals surface area contributed by atoms with Gasteiger partial charge in [-0.25, -0.2) is 0 Å². The van der Waals surface area contributed by atoms with E-state index in [0.29, 0.717) is 17.6 Å². The highest BCUT2D eigenvalue weighted by molar-refractivity contribution is 6.05. The molecule has 5 nitrogen and oxygen atoms in total. The van der Waals surface area contributed by atoms with Crippen molar-refractivity contribution in [2.24, 2.45) is 0 Å². The fraction of sp³-hybridized carbons (Fsp3) is 0.304. The van der Waals surface area contributed by atoms with Crippen LogP contribution in [0.2, 0.25) is 0 Å². The van der Waals surface area contributed by atoms with Crippen molar-refractivity contribution < 1.29 is 4.79 Å². The van der Waals surface area contributed by atoms with E-state index in [1.54, 1.807) is 11.9 Å². The first-order valence-corrected chi connectivity index (χ1v) is 9.84. The van der Waals surface area contributed by atoms with Crippen LogP contribution in [0.5, 0.6) is 0 Å². The number of nitrogens with zero attached hydrogens (tertiary/aromatic N) is 2. The minimum Gasteiger partial charge on any atom is -0.371 e. The number of hydrogen-bond donors (Lipinski definition) is 1. The number of fused-ring (bicyclic) bond motifs is 1. The molecule has 0 bridgehead atoms. The van der Waals surface area contributed by atoms with Crippen molar-refractivity contribution in [1.29, 1.82) is 0 Å². The Bertz CT molecular complexity index is 1050. The zero-order valence-electron chi connectivity index (χ0n) is 16.1. The number of H-pyrrole nitrogens is 1. The summed E-state index contributed by atoms with van der Waals surface area (Å²) < 4.78 is 0. The molecule has 1 saturated heterocycles. The second-order valence-corrected chi connectivity index (χ2v) is 7.43. The van der Waals surface area contributed by atoms with Crippen molar-refractivity contribution in [2.45, 2.75) is 25.8 Å². The lowest BCUT2D eigenvalue weighted by molar-refractivity contribution is 0.0787. The molecule has 1 aromatic heterocycles. The van der Waals surface area contributed by atoms with Crippen molar-refractivity contribution in [3.05, 3.63) is 76.1 Å². The number of piperidine rings is 1. The summed E-state index contributed by atoms with van der Waals surface area (Å²) >= 11 is 0. The minimum absolute atomic E-state index is 0.143. The molecular formula is C23H25N3O2. The maximum atomic E-state index is 13.2. The highest BCUT2D eigenvalue weighted by Gasteiger charge is 2.19. The van der Waals surface area contributed by atoms with E-state index < -0.39 is 0 Å². The van der Waals surface area contributed by atoms with Crippen molar-refractivity contribution >= 4 is 22.5 Å². The maximum Gasteiger partial charge on any atom is 0.254 e. The van der Waals surface area contributed by atoms with Crippen LogP contribution >= 0.6 is 0 Å². The van der Waals surface area contributed by atoms with Gasteiger partial charge in [0.1, 0.15) is 0 Å². The second-order valence-electron chi connectivity index (χ2n) is 7.43. The van der Waals surface area contributed by atoms with Gasteiger partial charge in [0.15, 0.2) is 0 Å². The molecule has 1 N–H and O–H groups in total. The number of carbonyl (C=O) groups is 1. The lowest BCUT2D eigenvalue weighted by Gasteiger charge is -2.31. The SMILES string of the molecule is CN(Cc1ccccc1N1CCCCC1)C(=O)c1cc(=O)[nH]c2ccccc12. The standard InChI is InChI=1S/C23H25N3O2/c1-25(16-17-9-3-6-12-21(17)26-13-7-2-8-14-26)23(28)19-15-22(27)24-20-11-5-4-10-18(19)20/h3-6,9-12,15H,2,7-8,13-14,16H2,1H3,(H,24,27). The molecule has 0 atom stereocenters. The van der Waals surface area contributed by atoms with Crippen molar-refractivity contribution in [3.63, 3.8) is 0 Å². The average molecular weight is 375 g/mol. The molecular weight excluding hydrogens is 350 g/mol. The summed E-state index contributed by atoms with van der Waals surface area (Å²) in [6.45, 7) is 2.63. The van der Waals surface area contributed by atoms with E-state index in [9.17, 15) is 9.59 Å². The number of para-hydroxylation sites is 2. The monoisotopic (exact) mass is 375 g/mol. The Kier molecular flexibility index (Phi) is 5.15. The molecule has 0 radical (unpaired) electrons. The van der Waals surface area contributed by atoms with Crippen LogP contribution in [0, 0.1) is 0 Å². The zero-order chi connectivity index (χ0) is 19.5. The molecule has 3 aromatic rings. The number of aromatic nitrogens is 1. The number of anilines is 1. The van der Waals surface area contributed by atoms with Gasteiger partial charge in [0.25, 0.3) is 5.91 Å². The number of carbonyl (C=O) groups excluding carboxylic acids is 1. The predicted molar refractivity (Wildman–Crippen MR) is 113 cm³/mol. The highest BCUT2D eigenvalue weighted by atomic mass is 16.2. The molecule has 2 heterocycles. The molecule has 1 amide bonds. The van der Waals surface area contributed by atoms with Gasteiger partial charge in [-0.1, -0.05) is 36.4 Å². The minimum atomic E-state index is -0.260. The number of aromatic amines is 1. The van der Waals surface area contributed by atoms with Crippen molar-refractivity contribution in [1.82, 2.24) is 9.88 Å². The summed E-state index contributed by atoms with van der Waals surface area (Å²) in [5.41, 5.74) is 3.20. The Hall–Kier alpha value is -3.08. The predicted octanol–water partition coefficient (Wildman–Crippen LogP) is 3.79. The van der Waals surface area contributed by atoms with Gasteiger partial charge < -0.3 is 14.8 Å². The normalized spacial score (nSPS) is 14.2. The molecule has 1 fully saturated rings. The second kappa shape index (κ2) is 7.89. The number of pyridine rings is 1. The summed E-state index contributed by atoms with van der Waals surface area (Å²) in [6.07, 6.45) is 3.70. The van der Waals surface area contributed by atoms with Crippen molar-refractivity contribution in [3.8, 4) is 0 Å². The summed E-state index contributed by atoms with van der Waals surface area (Å²) in [5.74, 6) is -0.143. The Balaban J connectivity index is 1.62. The smallest absolute Gasteiger partial charge is 0.254 e. The van der Waals surface area contributed by atoms with E-state index in [2.05, 4.69) is 28.1 Å². The van der Waals surface area contributed by atoms with E-state index in [-0.39, 0.29) is 11.5 Å². The first-order valence-electron chi connectivity index (χ1n) is 9.84. The molecule has 0 spiro atoms. The van der Waals surface area contributed by atoms with Crippen LogP contribution in [0.4, 0.5) is 5.69 Å². The summed E-state index contributed by atoms with van der Waals surface area (Å²) in [4.78, 5) is 32.1. The Labute approximate surface area is 164 Å². The topological polar surface area (TPSA) is 56.4 Å². The third kappa shape index (κ3) is 3.65. The Morgan fingerprint density at radius 2 is 1.75 bits per heavy atom. The zero-order valence-corrected chi connectivity index (χ0v) is 16.1. The van der Waals surface area contributed by atoms with E-state index >= 15 is 0 Å².